The highest BCUT2D eigenvalue weighted by Crippen LogP contribution is 2.50. The van der Waals surface area contributed by atoms with Crippen LogP contribution in [0.4, 0.5) is 0 Å². The van der Waals surface area contributed by atoms with Crippen molar-refractivity contribution in [2.24, 2.45) is 10.8 Å². The van der Waals surface area contributed by atoms with Crippen molar-refractivity contribution >= 4 is 11.6 Å². The van der Waals surface area contributed by atoms with Gasteiger partial charge in [-0.1, -0.05) is 27.7 Å². The van der Waals surface area contributed by atoms with Crippen molar-refractivity contribution in [3.05, 3.63) is 23.3 Å². The molecule has 0 aromatic carbocycles. The molecule has 0 saturated carbocycles. The zero-order valence-corrected chi connectivity index (χ0v) is 10.4. The average Bonchev–Trinajstić information content (AvgIpc) is 2.16. The van der Waals surface area contributed by atoms with E-state index in [0.29, 0.717) is 0 Å². The van der Waals surface area contributed by atoms with Crippen LogP contribution in [0, 0.1) is 10.8 Å². The summed E-state index contributed by atoms with van der Waals surface area (Å²) in [6.45, 7) is 8.23. The van der Waals surface area contributed by atoms with Gasteiger partial charge in [-0.25, -0.2) is 0 Å². The average molecular weight is 218 g/mol. The minimum atomic E-state index is -0.164. The monoisotopic (exact) mass is 218 g/mol. The van der Waals surface area contributed by atoms with Crippen LogP contribution < -0.4 is 0 Å². The fourth-order valence-electron chi connectivity index (χ4n) is 2.78. The molecule has 16 heavy (non-hydrogen) atoms. The van der Waals surface area contributed by atoms with Crippen LogP contribution in [0.25, 0.3) is 0 Å². The zero-order chi connectivity index (χ0) is 12.1. The van der Waals surface area contributed by atoms with Crippen molar-refractivity contribution in [3.63, 3.8) is 0 Å². The standard InChI is InChI=1S/C14H18O2/c1-13(2)7-8-14(3,4)12-10(16)6-5-9(15)11(12)13/h5-6H,7-8H2,1-4H3. The van der Waals surface area contributed by atoms with E-state index in [-0.39, 0.29) is 22.4 Å². The largest absolute Gasteiger partial charge is 0.290 e. The van der Waals surface area contributed by atoms with E-state index in [4.69, 9.17) is 0 Å². The van der Waals surface area contributed by atoms with E-state index in [0.717, 1.165) is 24.0 Å². The zero-order valence-electron chi connectivity index (χ0n) is 10.4. The van der Waals surface area contributed by atoms with E-state index in [9.17, 15) is 9.59 Å². The number of hydrogen-bond donors (Lipinski definition) is 0. The summed E-state index contributed by atoms with van der Waals surface area (Å²) in [6, 6.07) is 0. The summed E-state index contributed by atoms with van der Waals surface area (Å²) in [4.78, 5) is 24.0. The molecular formula is C14H18O2. The Labute approximate surface area is 96.4 Å². The maximum atomic E-state index is 12.0. The predicted molar refractivity (Wildman–Crippen MR) is 63.0 cm³/mol. The van der Waals surface area contributed by atoms with Gasteiger partial charge in [-0.3, -0.25) is 9.59 Å². The number of carbonyl (C=O) groups is 2. The lowest BCUT2D eigenvalue weighted by atomic mass is 9.60. The Hall–Kier alpha value is -1.18. The highest BCUT2D eigenvalue weighted by molar-refractivity contribution is 6.21. The first kappa shape index (κ1) is 11.3. The van der Waals surface area contributed by atoms with Crippen molar-refractivity contribution in [3.8, 4) is 0 Å². The minimum absolute atomic E-state index is 0.0207. The molecule has 2 nitrogen and oxygen atoms in total. The predicted octanol–water partition coefficient (Wildman–Crippen LogP) is 2.84. The van der Waals surface area contributed by atoms with Gasteiger partial charge in [-0.05, 0) is 35.8 Å². The molecule has 0 saturated heterocycles. The molecule has 0 fully saturated rings. The first-order chi connectivity index (χ1) is 7.26. The van der Waals surface area contributed by atoms with Gasteiger partial charge in [0.1, 0.15) is 0 Å². The number of carbonyl (C=O) groups excluding carboxylic acids is 2. The molecule has 0 bridgehead atoms. The van der Waals surface area contributed by atoms with Crippen LogP contribution in [-0.2, 0) is 9.59 Å². The van der Waals surface area contributed by atoms with Crippen LogP contribution in [0.3, 0.4) is 0 Å². The van der Waals surface area contributed by atoms with Gasteiger partial charge in [-0.2, -0.15) is 0 Å². The van der Waals surface area contributed by atoms with E-state index in [1.165, 1.54) is 12.2 Å². The molecule has 86 valence electrons. The number of ketones is 2. The van der Waals surface area contributed by atoms with Gasteiger partial charge in [0.05, 0.1) is 0 Å². The van der Waals surface area contributed by atoms with E-state index in [1.807, 2.05) is 0 Å². The molecule has 2 aliphatic carbocycles. The van der Waals surface area contributed by atoms with Gasteiger partial charge < -0.3 is 0 Å². The van der Waals surface area contributed by atoms with E-state index < -0.39 is 0 Å². The Bertz CT molecular complexity index is 394. The topological polar surface area (TPSA) is 34.1 Å². The molecule has 0 heterocycles. The summed E-state index contributed by atoms with van der Waals surface area (Å²) in [6.07, 6.45) is 4.77. The van der Waals surface area contributed by atoms with Gasteiger partial charge in [0, 0.05) is 11.1 Å². The summed E-state index contributed by atoms with van der Waals surface area (Å²) in [7, 11) is 0. The van der Waals surface area contributed by atoms with Gasteiger partial charge in [0.25, 0.3) is 0 Å². The van der Waals surface area contributed by atoms with Crippen LogP contribution in [0.5, 0.6) is 0 Å². The van der Waals surface area contributed by atoms with Gasteiger partial charge in [-0.15, -0.1) is 0 Å². The Kier molecular flexibility index (Phi) is 2.23. The van der Waals surface area contributed by atoms with Crippen LogP contribution in [-0.4, -0.2) is 11.6 Å². The Morgan fingerprint density at radius 3 is 1.44 bits per heavy atom. The maximum Gasteiger partial charge on any atom is 0.182 e. The lowest BCUT2D eigenvalue weighted by Gasteiger charge is -2.42. The maximum absolute atomic E-state index is 12.0. The number of rotatable bonds is 0. The van der Waals surface area contributed by atoms with Crippen LogP contribution in [0.15, 0.2) is 23.3 Å². The molecule has 0 aromatic rings. The number of allylic oxidation sites excluding steroid dienone is 4. The fraction of sp³-hybridized carbons (Fsp3) is 0.571. The molecule has 0 aliphatic heterocycles. The van der Waals surface area contributed by atoms with Gasteiger partial charge in [0.15, 0.2) is 11.6 Å². The third-order valence-corrected chi connectivity index (χ3v) is 3.86. The highest BCUT2D eigenvalue weighted by atomic mass is 16.1. The second-order valence-corrected chi connectivity index (χ2v) is 6.08. The van der Waals surface area contributed by atoms with Crippen molar-refractivity contribution in [1.29, 1.82) is 0 Å². The SMILES string of the molecule is CC1(C)CCC(C)(C)C2=C1C(=O)C=CC2=O. The van der Waals surface area contributed by atoms with Crippen molar-refractivity contribution in [2.45, 2.75) is 40.5 Å². The third-order valence-electron chi connectivity index (χ3n) is 3.86. The second-order valence-electron chi connectivity index (χ2n) is 6.08. The summed E-state index contributed by atoms with van der Waals surface area (Å²) < 4.78 is 0. The Morgan fingerprint density at radius 1 is 0.812 bits per heavy atom. The van der Waals surface area contributed by atoms with Crippen LogP contribution in [0.1, 0.15) is 40.5 Å². The van der Waals surface area contributed by atoms with Gasteiger partial charge >= 0.3 is 0 Å². The molecular weight excluding hydrogens is 200 g/mol. The first-order valence-corrected chi connectivity index (χ1v) is 5.78. The smallest absolute Gasteiger partial charge is 0.182 e. The minimum Gasteiger partial charge on any atom is -0.290 e. The number of hydrogen-bond acceptors (Lipinski definition) is 2. The van der Waals surface area contributed by atoms with E-state index in [2.05, 4.69) is 27.7 Å². The molecule has 0 N–H and O–H groups in total. The van der Waals surface area contributed by atoms with E-state index in [1.54, 1.807) is 0 Å². The Balaban J connectivity index is 2.69. The van der Waals surface area contributed by atoms with Crippen LogP contribution in [0.2, 0.25) is 0 Å². The molecule has 0 atom stereocenters. The molecule has 0 unspecified atom stereocenters. The normalized spacial score (nSPS) is 27.0. The lowest BCUT2D eigenvalue weighted by molar-refractivity contribution is -0.117. The lowest BCUT2D eigenvalue weighted by Crippen LogP contribution is -2.38. The molecule has 0 spiro atoms. The van der Waals surface area contributed by atoms with Crippen molar-refractivity contribution < 1.29 is 9.59 Å². The summed E-state index contributed by atoms with van der Waals surface area (Å²) in [5.41, 5.74) is 1.16. The molecule has 2 rings (SSSR count). The summed E-state index contributed by atoms with van der Waals surface area (Å²) in [5, 5.41) is 0. The quantitative estimate of drug-likeness (QED) is 0.586. The van der Waals surface area contributed by atoms with Crippen molar-refractivity contribution in [1.82, 2.24) is 0 Å². The highest BCUT2D eigenvalue weighted by Gasteiger charge is 2.44. The molecule has 2 aliphatic rings. The third kappa shape index (κ3) is 1.48. The Morgan fingerprint density at radius 2 is 1.12 bits per heavy atom. The summed E-state index contributed by atoms with van der Waals surface area (Å²) >= 11 is 0. The second kappa shape index (κ2) is 3.16. The van der Waals surface area contributed by atoms with Crippen LogP contribution >= 0.6 is 0 Å². The summed E-state index contributed by atoms with van der Waals surface area (Å²) in [5.74, 6) is 0.0414. The fourth-order valence-corrected chi connectivity index (χ4v) is 2.78. The molecule has 0 radical (unpaired) electrons. The molecule has 2 heteroatoms. The molecule has 0 amide bonds. The van der Waals surface area contributed by atoms with Crippen molar-refractivity contribution in [2.75, 3.05) is 0 Å². The van der Waals surface area contributed by atoms with E-state index >= 15 is 0 Å². The van der Waals surface area contributed by atoms with Gasteiger partial charge in [0.2, 0.25) is 0 Å². The molecule has 0 aromatic heterocycles. The first-order valence-electron chi connectivity index (χ1n) is 5.78.